The Hall–Kier alpha value is -1.67. The van der Waals surface area contributed by atoms with Crippen molar-refractivity contribution in [3.63, 3.8) is 0 Å². The van der Waals surface area contributed by atoms with Crippen LogP contribution in [0.4, 0.5) is 11.9 Å². The zero-order chi connectivity index (χ0) is 14.4. The number of nitrogens with two attached hydrogens (primary N) is 1. The topological polar surface area (TPSA) is 92.4 Å². The van der Waals surface area contributed by atoms with Crippen LogP contribution < -0.4 is 20.9 Å². The van der Waals surface area contributed by atoms with Gasteiger partial charge in [0.05, 0.1) is 6.61 Å². The van der Waals surface area contributed by atoms with E-state index in [1.54, 1.807) is 0 Å². The third-order valence-corrected chi connectivity index (χ3v) is 3.27. The number of hydrazine groups is 1. The Bertz CT molecular complexity index is 420. The minimum atomic E-state index is 0.322. The maximum Gasteiger partial charge on any atom is 0.323 e. The van der Waals surface area contributed by atoms with Gasteiger partial charge in [-0.2, -0.15) is 15.0 Å². The molecule has 3 N–H and O–H groups in total. The number of rotatable bonds is 6. The van der Waals surface area contributed by atoms with Gasteiger partial charge >= 0.3 is 6.01 Å². The van der Waals surface area contributed by atoms with Crippen molar-refractivity contribution in [1.82, 2.24) is 19.9 Å². The Morgan fingerprint density at radius 2 is 1.90 bits per heavy atom. The van der Waals surface area contributed by atoms with Crippen LogP contribution in [-0.2, 0) is 0 Å². The summed E-state index contributed by atoms with van der Waals surface area (Å²) in [7, 11) is 0. The molecule has 0 atom stereocenters. The lowest BCUT2D eigenvalue weighted by molar-refractivity contribution is 0.267. The number of piperazine rings is 1. The second-order valence-corrected chi connectivity index (χ2v) is 4.66. The number of anilines is 2. The summed E-state index contributed by atoms with van der Waals surface area (Å²) >= 11 is 0. The summed E-state index contributed by atoms with van der Waals surface area (Å²) in [4.78, 5) is 17.3. The van der Waals surface area contributed by atoms with E-state index in [4.69, 9.17) is 10.6 Å². The molecule has 0 aliphatic carbocycles. The van der Waals surface area contributed by atoms with Gasteiger partial charge in [-0.1, -0.05) is 13.8 Å². The van der Waals surface area contributed by atoms with E-state index in [0.717, 1.165) is 39.1 Å². The Kier molecular flexibility index (Phi) is 5.31. The fourth-order valence-electron chi connectivity index (χ4n) is 2.07. The number of nitrogen functional groups attached to an aromatic ring is 1. The highest BCUT2D eigenvalue weighted by Crippen LogP contribution is 2.16. The molecule has 0 bridgehead atoms. The summed E-state index contributed by atoms with van der Waals surface area (Å²) in [5.41, 5.74) is 2.46. The largest absolute Gasteiger partial charge is 0.463 e. The lowest BCUT2D eigenvalue weighted by atomic mass is 10.3. The molecule has 1 aliphatic heterocycles. The molecule has 112 valence electrons. The Labute approximate surface area is 119 Å². The van der Waals surface area contributed by atoms with Crippen molar-refractivity contribution >= 4 is 11.9 Å². The molecule has 0 aromatic carbocycles. The molecule has 1 saturated heterocycles. The average Bonchev–Trinajstić information content (AvgIpc) is 2.52. The van der Waals surface area contributed by atoms with Crippen molar-refractivity contribution in [3.05, 3.63) is 0 Å². The first-order chi connectivity index (χ1) is 9.76. The van der Waals surface area contributed by atoms with Crippen LogP contribution in [0.5, 0.6) is 6.01 Å². The van der Waals surface area contributed by atoms with Crippen LogP contribution in [0.25, 0.3) is 0 Å². The van der Waals surface area contributed by atoms with Gasteiger partial charge in [0.25, 0.3) is 0 Å². The molecule has 1 fully saturated rings. The Morgan fingerprint density at radius 1 is 1.15 bits per heavy atom. The van der Waals surface area contributed by atoms with Crippen LogP contribution >= 0.6 is 0 Å². The van der Waals surface area contributed by atoms with E-state index in [9.17, 15) is 0 Å². The van der Waals surface area contributed by atoms with Gasteiger partial charge in [0.2, 0.25) is 11.9 Å². The van der Waals surface area contributed by atoms with Gasteiger partial charge in [0, 0.05) is 26.2 Å². The van der Waals surface area contributed by atoms with Gasteiger partial charge in [0.15, 0.2) is 0 Å². The van der Waals surface area contributed by atoms with Crippen LogP contribution in [0, 0.1) is 0 Å². The van der Waals surface area contributed by atoms with Crippen LogP contribution in [0.15, 0.2) is 0 Å². The normalized spacial score (nSPS) is 16.2. The maximum atomic E-state index is 5.48. The quantitative estimate of drug-likeness (QED) is 0.560. The number of hydrogen-bond acceptors (Lipinski definition) is 8. The zero-order valence-electron chi connectivity index (χ0n) is 12.2. The van der Waals surface area contributed by atoms with Gasteiger partial charge in [-0.25, -0.2) is 5.84 Å². The molecular weight excluding hydrogens is 258 g/mol. The molecule has 2 rings (SSSR count). The first kappa shape index (κ1) is 14.7. The van der Waals surface area contributed by atoms with Gasteiger partial charge in [-0.15, -0.1) is 0 Å². The van der Waals surface area contributed by atoms with Crippen molar-refractivity contribution in [2.45, 2.75) is 20.3 Å². The van der Waals surface area contributed by atoms with Gasteiger partial charge in [-0.3, -0.25) is 5.43 Å². The molecule has 0 saturated carbocycles. The number of nitrogens with one attached hydrogen (secondary N) is 1. The highest BCUT2D eigenvalue weighted by molar-refractivity contribution is 5.38. The highest BCUT2D eigenvalue weighted by atomic mass is 16.5. The van der Waals surface area contributed by atoms with Crippen LogP contribution in [0.3, 0.4) is 0 Å². The molecule has 0 unspecified atom stereocenters. The van der Waals surface area contributed by atoms with Crippen LogP contribution in [0.2, 0.25) is 0 Å². The third kappa shape index (κ3) is 3.67. The summed E-state index contributed by atoms with van der Waals surface area (Å²) in [6.07, 6.45) is 0.904. The number of hydrogen-bond donors (Lipinski definition) is 2. The molecule has 0 radical (unpaired) electrons. The fraction of sp³-hybridized carbons (Fsp3) is 0.750. The second-order valence-electron chi connectivity index (χ2n) is 4.66. The first-order valence-corrected chi connectivity index (χ1v) is 7.09. The van der Waals surface area contributed by atoms with Gasteiger partial charge in [0.1, 0.15) is 0 Å². The van der Waals surface area contributed by atoms with Crippen molar-refractivity contribution in [3.8, 4) is 6.01 Å². The molecule has 0 spiro atoms. The fourth-order valence-corrected chi connectivity index (χ4v) is 2.07. The van der Waals surface area contributed by atoms with Crippen molar-refractivity contribution in [2.75, 3.05) is 49.7 Å². The summed E-state index contributed by atoms with van der Waals surface area (Å²) < 4.78 is 5.48. The lowest BCUT2D eigenvalue weighted by Gasteiger charge is -2.34. The second kappa shape index (κ2) is 7.20. The van der Waals surface area contributed by atoms with E-state index in [-0.39, 0.29) is 0 Å². The van der Waals surface area contributed by atoms with E-state index < -0.39 is 0 Å². The zero-order valence-corrected chi connectivity index (χ0v) is 12.2. The third-order valence-electron chi connectivity index (χ3n) is 3.27. The molecule has 1 aromatic rings. The van der Waals surface area contributed by atoms with Crippen LogP contribution in [0.1, 0.15) is 20.3 Å². The standard InChI is InChI=1S/C12H23N7O/c1-3-9-20-12-15-10(17-13)14-11(16-12)19-7-5-18(4-2)6-8-19/h3-9,13H2,1-2H3,(H,14,15,16,17). The predicted octanol–water partition coefficient (Wildman–Crippen LogP) is 0.0879. The molecule has 1 aliphatic rings. The lowest BCUT2D eigenvalue weighted by Crippen LogP contribution is -2.46. The molecule has 0 amide bonds. The molecule has 20 heavy (non-hydrogen) atoms. The number of likely N-dealkylation sites (N-methyl/N-ethyl adjacent to an activating group) is 1. The number of aromatic nitrogens is 3. The van der Waals surface area contributed by atoms with Gasteiger partial charge in [-0.05, 0) is 13.0 Å². The van der Waals surface area contributed by atoms with Crippen molar-refractivity contribution < 1.29 is 4.74 Å². The predicted molar refractivity (Wildman–Crippen MR) is 77.8 cm³/mol. The number of ether oxygens (including phenoxy) is 1. The molecule has 1 aromatic heterocycles. The van der Waals surface area contributed by atoms with E-state index in [1.807, 2.05) is 6.92 Å². The van der Waals surface area contributed by atoms with Gasteiger partial charge < -0.3 is 14.5 Å². The van der Waals surface area contributed by atoms with E-state index in [0.29, 0.717) is 24.5 Å². The average molecular weight is 281 g/mol. The molecule has 2 heterocycles. The molecular formula is C12H23N7O. The summed E-state index contributed by atoms with van der Waals surface area (Å²) in [5.74, 6) is 6.36. The van der Waals surface area contributed by atoms with Crippen LogP contribution in [-0.4, -0.2) is 59.2 Å². The molecule has 8 heteroatoms. The molecule has 8 nitrogen and oxygen atoms in total. The van der Waals surface area contributed by atoms with E-state index in [1.165, 1.54) is 0 Å². The first-order valence-electron chi connectivity index (χ1n) is 7.09. The van der Waals surface area contributed by atoms with Crippen molar-refractivity contribution in [2.24, 2.45) is 5.84 Å². The Balaban J connectivity index is 2.10. The summed E-state index contributed by atoms with van der Waals surface area (Å²) in [6.45, 7) is 9.68. The smallest absolute Gasteiger partial charge is 0.323 e. The SMILES string of the molecule is CCCOc1nc(NN)nc(N2CCN(CC)CC2)n1. The summed E-state index contributed by atoms with van der Waals surface area (Å²) in [6, 6.07) is 0.322. The number of nitrogens with zero attached hydrogens (tertiary/aromatic N) is 5. The van der Waals surface area contributed by atoms with Crippen molar-refractivity contribution in [1.29, 1.82) is 0 Å². The van der Waals surface area contributed by atoms with E-state index in [2.05, 4.69) is 37.1 Å². The monoisotopic (exact) mass is 281 g/mol. The van der Waals surface area contributed by atoms with E-state index >= 15 is 0 Å². The summed E-state index contributed by atoms with van der Waals surface area (Å²) in [5, 5.41) is 0. The maximum absolute atomic E-state index is 5.48. The Morgan fingerprint density at radius 3 is 2.50 bits per heavy atom. The minimum Gasteiger partial charge on any atom is -0.463 e. The highest BCUT2D eigenvalue weighted by Gasteiger charge is 2.19. The minimum absolute atomic E-state index is 0.322.